The Morgan fingerprint density at radius 3 is 2.27 bits per heavy atom. The molecule has 6 nitrogen and oxygen atoms in total. The third-order valence-electron chi connectivity index (χ3n) is 1.49. The van der Waals surface area contributed by atoms with Gasteiger partial charge in [-0.1, -0.05) is 0 Å². The number of hydrogen-bond acceptors (Lipinski definition) is 4. The first-order valence-corrected chi connectivity index (χ1v) is 4.56. The number of carboxylic acid groups (broad SMARTS) is 1. The van der Waals surface area contributed by atoms with Crippen molar-refractivity contribution in [3.8, 4) is 0 Å². The average molecular weight is 218 g/mol. The number of carboxylic acids is 1. The fourth-order valence-corrected chi connectivity index (χ4v) is 0.788. The van der Waals surface area contributed by atoms with Crippen LogP contribution in [-0.4, -0.2) is 47.3 Å². The van der Waals surface area contributed by atoms with Crippen LogP contribution in [0, 0.1) is 0 Å². The molecule has 15 heavy (non-hydrogen) atoms. The van der Waals surface area contributed by atoms with Crippen LogP contribution in [0.15, 0.2) is 0 Å². The highest BCUT2D eigenvalue weighted by atomic mass is 16.6. The van der Waals surface area contributed by atoms with Crippen molar-refractivity contribution in [2.45, 2.75) is 32.4 Å². The number of ether oxygens (including phenoxy) is 1. The van der Waals surface area contributed by atoms with Gasteiger partial charge in [0.05, 0.1) is 0 Å². The van der Waals surface area contributed by atoms with Crippen LogP contribution >= 0.6 is 0 Å². The molecule has 0 aromatic rings. The van der Waals surface area contributed by atoms with Crippen molar-refractivity contribution in [2.75, 3.05) is 13.6 Å². The number of rotatable bonds is 3. The van der Waals surface area contributed by atoms with Crippen LogP contribution in [0.5, 0.6) is 0 Å². The summed E-state index contributed by atoms with van der Waals surface area (Å²) in [5, 5.41) is 8.54. The summed E-state index contributed by atoms with van der Waals surface area (Å²) in [5.41, 5.74) is 4.67. The molecule has 1 atom stereocenters. The zero-order chi connectivity index (χ0) is 12.2. The molecule has 0 fully saturated rings. The second kappa shape index (κ2) is 4.97. The quantitative estimate of drug-likeness (QED) is 0.709. The number of aliphatic carboxylic acids is 1. The topological polar surface area (TPSA) is 92.9 Å². The first kappa shape index (κ1) is 13.7. The van der Waals surface area contributed by atoms with Crippen LogP contribution in [0.4, 0.5) is 4.79 Å². The summed E-state index contributed by atoms with van der Waals surface area (Å²) in [7, 11) is 1.44. The number of carbonyl (C=O) groups excluding carboxylic acids is 1. The molecule has 0 saturated heterocycles. The Morgan fingerprint density at radius 1 is 1.47 bits per heavy atom. The van der Waals surface area contributed by atoms with E-state index in [1.165, 1.54) is 7.05 Å². The van der Waals surface area contributed by atoms with E-state index >= 15 is 0 Å². The van der Waals surface area contributed by atoms with Crippen molar-refractivity contribution < 1.29 is 19.4 Å². The van der Waals surface area contributed by atoms with Gasteiger partial charge in [-0.05, 0) is 20.8 Å². The van der Waals surface area contributed by atoms with Gasteiger partial charge in [-0.3, -0.25) is 4.79 Å². The lowest BCUT2D eigenvalue weighted by molar-refractivity contribution is -0.138. The maximum absolute atomic E-state index is 11.4. The van der Waals surface area contributed by atoms with E-state index in [9.17, 15) is 9.59 Å². The first-order chi connectivity index (χ1) is 6.63. The molecule has 0 aromatic carbocycles. The number of amides is 1. The largest absolute Gasteiger partial charge is 0.480 e. The summed E-state index contributed by atoms with van der Waals surface area (Å²) < 4.78 is 5.02. The Kier molecular flexibility index (Phi) is 4.54. The average Bonchev–Trinajstić information content (AvgIpc) is 2.00. The van der Waals surface area contributed by atoms with Crippen molar-refractivity contribution in [3.05, 3.63) is 0 Å². The first-order valence-electron chi connectivity index (χ1n) is 4.56. The van der Waals surface area contributed by atoms with Crippen LogP contribution in [0.3, 0.4) is 0 Å². The summed E-state index contributed by atoms with van der Waals surface area (Å²) >= 11 is 0. The minimum Gasteiger partial charge on any atom is -0.480 e. The van der Waals surface area contributed by atoms with Crippen LogP contribution in [0.25, 0.3) is 0 Å². The molecule has 88 valence electrons. The van der Waals surface area contributed by atoms with Crippen LogP contribution in [-0.2, 0) is 9.53 Å². The van der Waals surface area contributed by atoms with Crippen LogP contribution in [0.2, 0.25) is 0 Å². The van der Waals surface area contributed by atoms with Crippen molar-refractivity contribution >= 4 is 12.1 Å². The van der Waals surface area contributed by atoms with Gasteiger partial charge in [0, 0.05) is 13.6 Å². The molecule has 0 rings (SSSR count). The van der Waals surface area contributed by atoms with Gasteiger partial charge in [-0.25, -0.2) is 4.79 Å². The molecule has 0 aliphatic heterocycles. The van der Waals surface area contributed by atoms with Gasteiger partial charge >= 0.3 is 12.1 Å². The van der Waals surface area contributed by atoms with Gasteiger partial charge in [0.25, 0.3) is 0 Å². The van der Waals surface area contributed by atoms with Gasteiger partial charge in [0.1, 0.15) is 11.6 Å². The Hall–Kier alpha value is -1.30. The highest BCUT2D eigenvalue weighted by molar-refractivity contribution is 5.75. The molecule has 0 heterocycles. The maximum Gasteiger partial charge on any atom is 0.410 e. The molecule has 0 spiro atoms. The Morgan fingerprint density at radius 2 is 1.93 bits per heavy atom. The van der Waals surface area contributed by atoms with E-state index in [4.69, 9.17) is 15.6 Å². The summed E-state index contributed by atoms with van der Waals surface area (Å²) in [5.74, 6) is -1.15. The molecule has 1 amide bonds. The standard InChI is InChI=1S/C9H18N2O4/c1-9(2,3)15-8(14)11(4)5-6(10)7(12)13/h6H,5,10H2,1-4H3,(H,12,13)/t6-/m0/s1. The summed E-state index contributed by atoms with van der Waals surface area (Å²) in [6.07, 6.45) is -0.584. The van der Waals surface area contributed by atoms with E-state index in [1.54, 1.807) is 20.8 Å². The van der Waals surface area contributed by atoms with E-state index in [0.29, 0.717) is 0 Å². The fourth-order valence-electron chi connectivity index (χ4n) is 0.788. The maximum atomic E-state index is 11.4. The number of hydrogen-bond donors (Lipinski definition) is 2. The van der Waals surface area contributed by atoms with Gasteiger partial charge in [-0.2, -0.15) is 0 Å². The molecule has 0 saturated carbocycles. The lowest BCUT2D eigenvalue weighted by Crippen LogP contribution is -2.44. The molecule has 3 N–H and O–H groups in total. The lowest BCUT2D eigenvalue weighted by atomic mass is 10.2. The number of likely N-dealkylation sites (N-methyl/N-ethyl adjacent to an activating group) is 1. The molecule has 0 aromatic heterocycles. The molecular formula is C9H18N2O4. The SMILES string of the molecule is CN(C[C@H](N)C(=O)O)C(=O)OC(C)(C)C. The normalized spacial score (nSPS) is 13.1. The third-order valence-corrected chi connectivity index (χ3v) is 1.49. The number of carbonyl (C=O) groups is 2. The zero-order valence-corrected chi connectivity index (χ0v) is 9.48. The van der Waals surface area contributed by atoms with E-state index in [1.807, 2.05) is 0 Å². The number of nitrogens with zero attached hydrogens (tertiary/aromatic N) is 1. The Labute approximate surface area is 89.0 Å². The van der Waals surface area contributed by atoms with Gasteiger partial charge < -0.3 is 20.5 Å². The zero-order valence-electron chi connectivity index (χ0n) is 9.48. The van der Waals surface area contributed by atoms with E-state index in [0.717, 1.165) is 4.90 Å². The van der Waals surface area contributed by atoms with Crippen molar-refractivity contribution in [1.82, 2.24) is 4.90 Å². The van der Waals surface area contributed by atoms with Gasteiger partial charge in [-0.15, -0.1) is 0 Å². The fraction of sp³-hybridized carbons (Fsp3) is 0.778. The minimum absolute atomic E-state index is 0.0791. The molecule has 6 heteroatoms. The van der Waals surface area contributed by atoms with E-state index < -0.39 is 23.7 Å². The molecule has 0 aliphatic rings. The van der Waals surface area contributed by atoms with E-state index in [2.05, 4.69) is 0 Å². The number of nitrogens with two attached hydrogens (primary N) is 1. The van der Waals surface area contributed by atoms with Gasteiger partial charge in [0.15, 0.2) is 0 Å². The summed E-state index contributed by atoms with van der Waals surface area (Å²) in [6.45, 7) is 5.12. The minimum atomic E-state index is -1.15. The van der Waals surface area contributed by atoms with Crippen LogP contribution in [0.1, 0.15) is 20.8 Å². The Balaban J connectivity index is 4.17. The van der Waals surface area contributed by atoms with E-state index in [-0.39, 0.29) is 6.54 Å². The molecule has 0 radical (unpaired) electrons. The van der Waals surface area contributed by atoms with Crippen molar-refractivity contribution in [3.63, 3.8) is 0 Å². The smallest absolute Gasteiger partial charge is 0.410 e. The monoisotopic (exact) mass is 218 g/mol. The predicted molar refractivity (Wildman–Crippen MR) is 54.5 cm³/mol. The predicted octanol–water partition coefficient (Wildman–Crippen LogP) is 0.265. The van der Waals surface area contributed by atoms with Crippen molar-refractivity contribution in [1.29, 1.82) is 0 Å². The van der Waals surface area contributed by atoms with Crippen LogP contribution < -0.4 is 5.73 Å². The summed E-state index contributed by atoms with van der Waals surface area (Å²) in [4.78, 5) is 23.0. The highest BCUT2D eigenvalue weighted by Crippen LogP contribution is 2.08. The molecule has 0 aliphatic carbocycles. The molecular weight excluding hydrogens is 200 g/mol. The second-order valence-electron chi connectivity index (χ2n) is 4.31. The van der Waals surface area contributed by atoms with Crippen molar-refractivity contribution in [2.24, 2.45) is 5.73 Å². The highest BCUT2D eigenvalue weighted by Gasteiger charge is 2.22. The molecule has 0 unspecified atom stereocenters. The third kappa shape index (κ3) is 5.90. The molecule has 0 bridgehead atoms. The Bertz CT molecular complexity index is 247. The lowest BCUT2D eigenvalue weighted by Gasteiger charge is -2.25. The summed E-state index contributed by atoms with van der Waals surface area (Å²) in [6, 6.07) is -1.09. The van der Waals surface area contributed by atoms with Gasteiger partial charge in [0.2, 0.25) is 0 Å². The second-order valence-corrected chi connectivity index (χ2v) is 4.31.